The van der Waals surface area contributed by atoms with Gasteiger partial charge < -0.3 is 15.1 Å². The van der Waals surface area contributed by atoms with Crippen LogP contribution in [0.3, 0.4) is 0 Å². The molecule has 110 valence electrons. The van der Waals surface area contributed by atoms with Gasteiger partial charge in [0, 0.05) is 44.5 Å². The van der Waals surface area contributed by atoms with Gasteiger partial charge in [0.05, 0.1) is 0 Å². The molecule has 1 fully saturated rings. The summed E-state index contributed by atoms with van der Waals surface area (Å²) in [5, 5.41) is 3.35. The van der Waals surface area contributed by atoms with E-state index in [1.54, 1.807) is 0 Å². The summed E-state index contributed by atoms with van der Waals surface area (Å²) in [6.45, 7) is 4.88. The lowest BCUT2D eigenvalue weighted by atomic mass is 10.1. The molecule has 20 heavy (non-hydrogen) atoms. The second-order valence-electron chi connectivity index (χ2n) is 5.59. The molecule has 0 bridgehead atoms. The van der Waals surface area contributed by atoms with E-state index < -0.39 is 0 Å². The van der Waals surface area contributed by atoms with Gasteiger partial charge in [0.15, 0.2) is 0 Å². The maximum atomic E-state index is 12.8. The molecule has 1 saturated heterocycles. The molecule has 0 spiro atoms. The molecule has 2 rings (SSSR count). The second-order valence-corrected chi connectivity index (χ2v) is 5.59. The van der Waals surface area contributed by atoms with E-state index in [9.17, 15) is 4.79 Å². The Morgan fingerprint density at radius 1 is 1.40 bits per heavy atom. The van der Waals surface area contributed by atoms with Crippen molar-refractivity contribution in [3.05, 3.63) is 29.8 Å². The van der Waals surface area contributed by atoms with Gasteiger partial charge in [-0.05, 0) is 37.6 Å². The molecule has 1 N–H and O–H groups in total. The smallest absolute Gasteiger partial charge is 0.254 e. The lowest BCUT2D eigenvalue weighted by molar-refractivity contribution is 0.0692. The Labute approximate surface area is 121 Å². The zero-order valence-electron chi connectivity index (χ0n) is 12.7. The Bertz CT molecular complexity index is 453. The van der Waals surface area contributed by atoms with Gasteiger partial charge in [-0.15, -0.1) is 0 Å². The van der Waals surface area contributed by atoms with Crippen LogP contribution in [0, 0.1) is 0 Å². The minimum absolute atomic E-state index is 0.157. The lowest BCUT2D eigenvalue weighted by Crippen LogP contribution is -2.42. The fraction of sp³-hybridized carbons (Fsp3) is 0.562. The van der Waals surface area contributed by atoms with Gasteiger partial charge in [-0.2, -0.15) is 0 Å². The van der Waals surface area contributed by atoms with E-state index in [2.05, 4.69) is 12.2 Å². The Kier molecular flexibility index (Phi) is 5.01. The molecule has 0 saturated carbocycles. The van der Waals surface area contributed by atoms with E-state index >= 15 is 0 Å². The van der Waals surface area contributed by atoms with Gasteiger partial charge in [0.2, 0.25) is 0 Å². The number of hydrogen-bond acceptors (Lipinski definition) is 3. The number of nitrogens with zero attached hydrogens (tertiary/aromatic N) is 2. The number of amides is 1. The average molecular weight is 275 g/mol. The van der Waals surface area contributed by atoms with Crippen molar-refractivity contribution in [2.75, 3.05) is 38.6 Å². The van der Waals surface area contributed by atoms with Crippen LogP contribution in [0.2, 0.25) is 0 Å². The number of nitrogens with one attached hydrogen (secondary N) is 1. The second kappa shape index (κ2) is 6.75. The molecule has 1 unspecified atom stereocenters. The van der Waals surface area contributed by atoms with Crippen LogP contribution >= 0.6 is 0 Å². The van der Waals surface area contributed by atoms with E-state index in [-0.39, 0.29) is 5.91 Å². The van der Waals surface area contributed by atoms with Crippen LogP contribution in [0.15, 0.2) is 24.3 Å². The fourth-order valence-electron chi connectivity index (χ4n) is 2.68. The molecule has 1 amide bonds. The van der Waals surface area contributed by atoms with E-state index in [0.29, 0.717) is 6.04 Å². The molecule has 0 aliphatic carbocycles. The molecular weight excluding hydrogens is 250 g/mol. The standard InChI is InChI=1S/C16H25N3O/c1-4-10-19(15-8-9-17-12-15)16(20)13-6-5-7-14(11-13)18(2)3/h5-7,11,15,17H,4,8-10,12H2,1-3H3. The van der Waals surface area contributed by atoms with Crippen molar-refractivity contribution in [1.82, 2.24) is 10.2 Å². The normalized spacial score (nSPS) is 18.1. The molecular formula is C16H25N3O. The van der Waals surface area contributed by atoms with Crippen LogP contribution in [0.5, 0.6) is 0 Å². The fourth-order valence-corrected chi connectivity index (χ4v) is 2.68. The van der Waals surface area contributed by atoms with Crippen molar-refractivity contribution in [1.29, 1.82) is 0 Å². The zero-order chi connectivity index (χ0) is 14.5. The first kappa shape index (κ1) is 14.9. The summed E-state index contributed by atoms with van der Waals surface area (Å²) in [7, 11) is 3.99. The van der Waals surface area contributed by atoms with Gasteiger partial charge in [0.25, 0.3) is 5.91 Å². The Morgan fingerprint density at radius 2 is 2.20 bits per heavy atom. The third-order valence-corrected chi connectivity index (χ3v) is 3.81. The molecule has 1 heterocycles. The summed E-state index contributed by atoms with van der Waals surface area (Å²) in [4.78, 5) is 16.8. The van der Waals surface area contributed by atoms with Gasteiger partial charge >= 0.3 is 0 Å². The first-order valence-electron chi connectivity index (χ1n) is 7.42. The topological polar surface area (TPSA) is 35.6 Å². The molecule has 1 aromatic carbocycles. The SMILES string of the molecule is CCCN(C(=O)c1cccc(N(C)C)c1)C1CCNC1. The molecule has 1 aliphatic heterocycles. The Morgan fingerprint density at radius 3 is 2.80 bits per heavy atom. The summed E-state index contributed by atoms with van der Waals surface area (Å²) in [5.41, 5.74) is 1.85. The minimum Gasteiger partial charge on any atom is -0.378 e. The molecule has 1 atom stereocenters. The summed E-state index contributed by atoms with van der Waals surface area (Å²) < 4.78 is 0. The quantitative estimate of drug-likeness (QED) is 0.892. The monoisotopic (exact) mass is 275 g/mol. The number of hydrogen-bond donors (Lipinski definition) is 1. The summed E-state index contributed by atoms with van der Waals surface area (Å²) in [6, 6.07) is 8.22. The van der Waals surface area contributed by atoms with Crippen LogP contribution < -0.4 is 10.2 Å². The van der Waals surface area contributed by atoms with Gasteiger partial charge in [0.1, 0.15) is 0 Å². The maximum absolute atomic E-state index is 12.8. The molecule has 1 aromatic rings. The number of benzene rings is 1. The highest BCUT2D eigenvalue weighted by molar-refractivity contribution is 5.95. The van der Waals surface area contributed by atoms with Gasteiger partial charge in [-0.3, -0.25) is 4.79 Å². The molecule has 4 heteroatoms. The number of anilines is 1. The number of rotatable bonds is 5. The van der Waals surface area contributed by atoms with Crippen LogP contribution in [-0.4, -0.2) is 50.6 Å². The van der Waals surface area contributed by atoms with E-state index in [1.165, 1.54) is 0 Å². The number of carbonyl (C=O) groups excluding carboxylic acids is 1. The first-order valence-corrected chi connectivity index (χ1v) is 7.42. The highest BCUT2D eigenvalue weighted by Gasteiger charge is 2.26. The van der Waals surface area contributed by atoms with Gasteiger partial charge in [-0.25, -0.2) is 0 Å². The summed E-state index contributed by atoms with van der Waals surface area (Å²) in [5.74, 6) is 0.157. The summed E-state index contributed by atoms with van der Waals surface area (Å²) in [6.07, 6.45) is 2.05. The third kappa shape index (κ3) is 3.31. The number of carbonyl (C=O) groups is 1. The summed E-state index contributed by atoms with van der Waals surface area (Å²) >= 11 is 0. The molecule has 4 nitrogen and oxygen atoms in total. The predicted octanol–water partition coefficient (Wildman–Crippen LogP) is 1.97. The van der Waals surface area contributed by atoms with Crippen molar-refractivity contribution in [2.45, 2.75) is 25.8 Å². The van der Waals surface area contributed by atoms with E-state index in [0.717, 1.165) is 43.7 Å². The van der Waals surface area contributed by atoms with Crippen LogP contribution in [0.4, 0.5) is 5.69 Å². The largest absolute Gasteiger partial charge is 0.378 e. The minimum atomic E-state index is 0.157. The Hall–Kier alpha value is -1.55. The third-order valence-electron chi connectivity index (χ3n) is 3.81. The van der Waals surface area contributed by atoms with E-state index in [1.807, 2.05) is 48.2 Å². The van der Waals surface area contributed by atoms with Crippen molar-refractivity contribution in [3.63, 3.8) is 0 Å². The van der Waals surface area contributed by atoms with Crippen LogP contribution in [0.25, 0.3) is 0 Å². The maximum Gasteiger partial charge on any atom is 0.254 e. The van der Waals surface area contributed by atoms with Crippen molar-refractivity contribution >= 4 is 11.6 Å². The van der Waals surface area contributed by atoms with Crippen LogP contribution in [-0.2, 0) is 0 Å². The average Bonchev–Trinajstić information content (AvgIpc) is 2.98. The van der Waals surface area contributed by atoms with E-state index in [4.69, 9.17) is 0 Å². The molecule has 0 aromatic heterocycles. The highest BCUT2D eigenvalue weighted by atomic mass is 16.2. The van der Waals surface area contributed by atoms with Gasteiger partial charge in [-0.1, -0.05) is 13.0 Å². The van der Waals surface area contributed by atoms with Crippen LogP contribution in [0.1, 0.15) is 30.1 Å². The lowest BCUT2D eigenvalue weighted by Gasteiger charge is -2.28. The Balaban J connectivity index is 2.20. The molecule has 1 aliphatic rings. The predicted molar refractivity (Wildman–Crippen MR) is 83.4 cm³/mol. The zero-order valence-corrected chi connectivity index (χ0v) is 12.7. The highest BCUT2D eigenvalue weighted by Crippen LogP contribution is 2.18. The van der Waals surface area contributed by atoms with Crippen molar-refractivity contribution in [3.8, 4) is 0 Å². The molecule has 0 radical (unpaired) electrons. The van der Waals surface area contributed by atoms with Crippen molar-refractivity contribution in [2.24, 2.45) is 0 Å². The first-order chi connectivity index (χ1) is 9.63. The van der Waals surface area contributed by atoms with Crippen molar-refractivity contribution < 1.29 is 4.79 Å².